The Hall–Kier alpha value is -2.64. The number of fused-ring (bicyclic) bond motifs is 1. The lowest BCUT2D eigenvalue weighted by Gasteiger charge is -2.23. The van der Waals surface area contributed by atoms with Crippen LogP contribution in [0.1, 0.15) is 26.7 Å². The number of carbonyl (C=O) groups excluding carboxylic acids is 2. The van der Waals surface area contributed by atoms with Gasteiger partial charge in [-0.1, -0.05) is 50.2 Å². The van der Waals surface area contributed by atoms with Crippen molar-refractivity contribution in [3.8, 4) is 0 Å². The highest BCUT2D eigenvalue weighted by Crippen LogP contribution is 2.23. The van der Waals surface area contributed by atoms with Crippen LogP contribution < -0.4 is 16.0 Å². The van der Waals surface area contributed by atoms with E-state index in [0.29, 0.717) is 25.1 Å². The molecule has 0 saturated carbocycles. The fourth-order valence-electron chi connectivity index (χ4n) is 3.36. The number of benzene rings is 2. The number of nitrogens with one attached hydrogen (secondary N) is 3. The number of urea groups is 1. The van der Waals surface area contributed by atoms with Gasteiger partial charge < -0.3 is 25.8 Å². The molecule has 0 radical (unpaired) electrons. The molecule has 1 fully saturated rings. The van der Waals surface area contributed by atoms with E-state index in [1.807, 2.05) is 56.3 Å². The van der Waals surface area contributed by atoms with Gasteiger partial charge in [-0.15, -0.1) is 0 Å². The van der Waals surface area contributed by atoms with Crippen LogP contribution in [-0.2, 0) is 9.53 Å². The Bertz CT molecular complexity index is 834. The average Bonchev–Trinajstić information content (AvgIpc) is 3.05. The van der Waals surface area contributed by atoms with Crippen molar-refractivity contribution < 1.29 is 19.4 Å². The summed E-state index contributed by atoms with van der Waals surface area (Å²) in [6, 6.07) is 11.8. The number of aliphatic hydroxyl groups excluding tert-OH is 1. The van der Waals surface area contributed by atoms with E-state index in [1.54, 1.807) is 0 Å². The Morgan fingerprint density at radius 2 is 1.93 bits per heavy atom. The lowest BCUT2D eigenvalue weighted by Crippen LogP contribution is -2.52. The van der Waals surface area contributed by atoms with Gasteiger partial charge in [0.05, 0.1) is 18.3 Å². The van der Waals surface area contributed by atoms with Crippen LogP contribution in [0.15, 0.2) is 42.5 Å². The second-order valence-corrected chi connectivity index (χ2v) is 7.47. The van der Waals surface area contributed by atoms with Crippen LogP contribution in [0.5, 0.6) is 0 Å². The van der Waals surface area contributed by atoms with E-state index in [2.05, 4.69) is 16.0 Å². The molecular weight excluding hydrogens is 358 g/mol. The van der Waals surface area contributed by atoms with E-state index < -0.39 is 24.4 Å². The molecule has 0 aliphatic carbocycles. The zero-order valence-corrected chi connectivity index (χ0v) is 16.1. The van der Waals surface area contributed by atoms with Crippen molar-refractivity contribution in [2.45, 2.75) is 45.1 Å². The third kappa shape index (κ3) is 4.99. The number of aliphatic hydroxyl groups is 1. The molecule has 3 atom stereocenters. The Kier molecular flexibility index (Phi) is 6.49. The highest BCUT2D eigenvalue weighted by molar-refractivity contribution is 6.02. The number of ether oxygens (including phenoxy) is 1. The predicted octanol–water partition coefficient (Wildman–Crippen LogP) is 2.60. The molecule has 0 bridgehead atoms. The summed E-state index contributed by atoms with van der Waals surface area (Å²) in [5, 5.41) is 20.1. The van der Waals surface area contributed by atoms with Crippen LogP contribution >= 0.6 is 0 Å². The van der Waals surface area contributed by atoms with Crippen molar-refractivity contribution >= 4 is 28.4 Å². The van der Waals surface area contributed by atoms with Crippen LogP contribution in [0.3, 0.4) is 0 Å². The fourth-order valence-corrected chi connectivity index (χ4v) is 3.36. The van der Waals surface area contributed by atoms with Gasteiger partial charge in [0.1, 0.15) is 6.04 Å². The number of amides is 3. The van der Waals surface area contributed by atoms with Crippen LogP contribution in [0.4, 0.5) is 10.5 Å². The zero-order chi connectivity index (χ0) is 20.1. The molecule has 7 heteroatoms. The largest absolute Gasteiger partial charge is 0.366 e. The molecule has 4 N–H and O–H groups in total. The molecule has 3 amide bonds. The maximum Gasteiger partial charge on any atom is 0.319 e. The maximum absolute atomic E-state index is 12.7. The second kappa shape index (κ2) is 9.03. The first-order valence-corrected chi connectivity index (χ1v) is 9.59. The fraction of sp³-hybridized carbons (Fsp3) is 0.429. The summed E-state index contributed by atoms with van der Waals surface area (Å²) in [6.07, 6.45) is 0.0234. The first-order chi connectivity index (χ1) is 13.4. The minimum absolute atomic E-state index is 0.207. The minimum atomic E-state index is -1.01. The number of rotatable bonds is 6. The normalized spacial score (nSPS) is 20.1. The van der Waals surface area contributed by atoms with Gasteiger partial charge >= 0.3 is 6.03 Å². The molecule has 1 saturated heterocycles. The molecule has 28 heavy (non-hydrogen) atoms. The monoisotopic (exact) mass is 385 g/mol. The van der Waals surface area contributed by atoms with Crippen LogP contribution in [0, 0.1) is 5.92 Å². The summed E-state index contributed by atoms with van der Waals surface area (Å²) in [4.78, 5) is 25.2. The van der Waals surface area contributed by atoms with Gasteiger partial charge in [-0.3, -0.25) is 4.79 Å². The molecule has 2 unspecified atom stereocenters. The number of hydrogen-bond acceptors (Lipinski definition) is 4. The summed E-state index contributed by atoms with van der Waals surface area (Å²) in [5.74, 6) is -0.116. The highest BCUT2D eigenvalue weighted by atomic mass is 16.6. The maximum atomic E-state index is 12.7. The smallest absolute Gasteiger partial charge is 0.319 e. The lowest BCUT2D eigenvalue weighted by molar-refractivity contribution is -0.127. The van der Waals surface area contributed by atoms with Crippen LogP contribution in [0.25, 0.3) is 10.8 Å². The van der Waals surface area contributed by atoms with Gasteiger partial charge in [0.15, 0.2) is 6.29 Å². The van der Waals surface area contributed by atoms with Crippen LogP contribution in [-0.4, -0.2) is 42.0 Å². The number of hydrogen-bond donors (Lipinski definition) is 4. The van der Waals surface area contributed by atoms with Crippen molar-refractivity contribution in [2.75, 3.05) is 11.9 Å². The van der Waals surface area contributed by atoms with Crippen molar-refractivity contribution in [2.24, 2.45) is 5.92 Å². The average molecular weight is 385 g/mol. The molecular formula is C21H27N3O4. The van der Waals surface area contributed by atoms with Crippen molar-refractivity contribution in [3.63, 3.8) is 0 Å². The van der Waals surface area contributed by atoms with E-state index in [9.17, 15) is 14.7 Å². The molecule has 2 aromatic rings. The first kappa shape index (κ1) is 20.1. The van der Waals surface area contributed by atoms with E-state index in [-0.39, 0.29) is 11.8 Å². The summed E-state index contributed by atoms with van der Waals surface area (Å²) >= 11 is 0. The molecule has 150 valence electrons. The molecule has 1 heterocycles. The molecule has 0 spiro atoms. The Morgan fingerprint density at radius 3 is 2.64 bits per heavy atom. The molecule has 3 rings (SSSR count). The Balaban J connectivity index is 1.67. The van der Waals surface area contributed by atoms with Crippen molar-refractivity contribution in [3.05, 3.63) is 42.5 Å². The lowest BCUT2D eigenvalue weighted by atomic mass is 10.0. The van der Waals surface area contributed by atoms with Gasteiger partial charge in [0.25, 0.3) is 0 Å². The van der Waals surface area contributed by atoms with Crippen molar-refractivity contribution in [1.29, 1.82) is 0 Å². The van der Waals surface area contributed by atoms with E-state index in [4.69, 9.17) is 4.74 Å². The van der Waals surface area contributed by atoms with E-state index >= 15 is 0 Å². The Morgan fingerprint density at radius 1 is 1.18 bits per heavy atom. The number of anilines is 1. The van der Waals surface area contributed by atoms with E-state index in [1.165, 1.54) is 0 Å². The van der Waals surface area contributed by atoms with E-state index in [0.717, 1.165) is 10.8 Å². The topological polar surface area (TPSA) is 99.7 Å². The summed E-state index contributed by atoms with van der Waals surface area (Å²) in [7, 11) is 0. The minimum Gasteiger partial charge on any atom is -0.366 e. The van der Waals surface area contributed by atoms with Gasteiger partial charge in [0, 0.05) is 5.39 Å². The molecule has 0 aromatic heterocycles. The summed E-state index contributed by atoms with van der Waals surface area (Å²) < 4.78 is 5.07. The number of carbonyl (C=O) groups is 2. The second-order valence-electron chi connectivity index (χ2n) is 7.47. The Labute approximate surface area is 164 Å². The van der Waals surface area contributed by atoms with Crippen LogP contribution in [0.2, 0.25) is 0 Å². The summed E-state index contributed by atoms with van der Waals surface area (Å²) in [6.45, 7) is 4.37. The van der Waals surface area contributed by atoms with Gasteiger partial charge in [-0.05, 0) is 30.2 Å². The quantitative estimate of drug-likeness (QED) is 0.614. The van der Waals surface area contributed by atoms with Gasteiger partial charge in [-0.2, -0.15) is 0 Å². The van der Waals surface area contributed by atoms with Gasteiger partial charge in [0.2, 0.25) is 5.91 Å². The molecule has 1 aliphatic rings. The molecule has 1 aliphatic heterocycles. The zero-order valence-electron chi connectivity index (χ0n) is 16.1. The molecule has 7 nitrogen and oxygen atoms in total. The van der Waals surface area contributed by atoms with Gasteiger partial charge in [-0.25, -0.2) is 4.79 Å². The predicted molar refractivity (Wildman–Crippen MR) is 108 cm³/mol. The third-order valence-electron chi connectivity index (χ3n) is 4.76. The first-order valence-electron chi connectivity index (χ1n) is 9.59. The van der Waals surface area contributed by atoms with Crippen molar-refractivity contribution in [1.82, 2.24) is 10.6 Å². The standard InChI is InChI=1S/C21H27N3O4/c1-13(2)12-18(19(25)22-17-10-11-28-20(17)26)24-21(27)23-16-9-5-7-14-6-3-4-8-15(14)16/h3-9,13,17-18,20,26H,10-12H2,1-2H3,(H,22,25)(H2,23,24,27)/t17?,18-,20?/m0/s1. The highest BCUT2D eigenvalue weighted by Gasteiger charge is 2.31. The third-order valence-corrected chi connectivity index (χ3v) is 4.76. The summed E-state index contributed by atoms with van der Waals surface area (Å²) in [5.41, 5.74) is 0.680. The SMILES string of the molecule is CC(C)C[C@H](NC(=O)Nc1cccc2ccccc12)C(=O)NC1CCOC1O. The molecule has 2 aromatic carbocycles.